The maximum atomic E-state index is 11.3. The fourth-order valence-electron chi connectivity index (χ4n) is 1.26. The topological polar surface area (TPSA) is 118 Å². The van der Waals surface area contributed by atoms with Crippen molar-refractivity contribution in [2.45, 2.75) is 24.0 Å². The van der Waals surface area contributed by atoms with Gasteiger partial charge in [0.15, 0.2) is 0 Å². The van der Waals surface area contributed by atoms with Crippen LogP contribution in [-0.2, 0) is 10.0 Å². The fraction of sp³-hybridized carbons (Fsp3) is 0.400. The van der Waals surface area contributed by atoms with E-state index in [9.17, 15) is 13.5 Å². The number of aliphatic hydroxyl groups excluding tert-OH is 1. The Bertz CT molecular complexity index is 473. The number of anilines is 1. The second kappa shape index (κ2) is 5.46. The van der Waals surface area contributed by atoms with Crippen molar-refractivity contribution in [3.05, 3.63) is 24.3 Å². The van der Waals surface area contributed by atoms with Crippen LogP contribution >= 0.6 is 0 Å². The standard InChI is InChI=1S/C10H17N3O3S/c1-7(14)8(11)6-13-9-4-2-3-5-10(9)17(12,15)16/h2-5,7-8,13-14H,6,11H2,1H3,(H2,12,15,16). The van der Waals surface area contributed by atoms with Crippen molar-refractivity contribution in [1.29, 1.82) is 0 Å². The van der Waals surface area contributed by atoms with Gasteiger partial charge in [-0.05, 0) is 19.1 Å². The number of rotatable bonds is 5. The molecule has 0 bridgehead atoms. The average Bonchev–Trinajstić information content (AvgIpc) is 2.24. The predicted molar refractivity (Wildman–Crippen MR) is 66.0 cm³/mol. The summed E-state index contributed by atoms with van der Waals surface area (Å²) in [6.07, 6.45) is -0.677. The maximum absolute atomic E-state index is 11.3. The smallest absolute Gasteiger partial charge is 0.240 e. The molecule has 0 radical (unpaired) electrons. The molecule has 0 heterocycles. The highest BCUT2D eigenvalue weighted by Crippen LogP contribution is 2.18. The quantitative estimate of drug-likeness (QED) is 0.566. The summed E-state index contributed by atoms with van der Waals surface area (Å²) < 4.78 is 22.6. The number of para-hydroxylation sites is 1. The lowest BCUT2D eigenvalue weighted by Gasteiger charge is -2.17. The SMILES string of the molecule is CC(O)C(N)CNc1ccccc1S(N)(=O)=O. The third-order valence-corrected chi connectivity index (χ3v) is 3.31. The van der Waals surface area contributed by atoms with Crippen LogP contribution in [0.5, 0.6) is 0 Å². The van der Waals surface area contributed by atoms with Crippen LogP contribution in [0.1, 0.15) is 6.92 Å². The summed E-state index contributed by atoms with van der Waals surface area (Å²) in [7, 11) is -3.77. The van der Waals surface area contributed by atoms with Crippen molar-refractivity contribution in [2.24, 2.45) is 10.9 Å². The van der Waals surface area contributed by atoms with E-state index < -0.39 is 22.2 Å². The number of primary sulfonamides is 1. The zero-order valence-corrected chi connectivity index (χ0v) is 10.3. The molecule has 0 spiro atoms. The summed E-state index contributed by atoms with van der Waals surface area (Å²) in [5.41, 5.74) is 6.01. The Hall–Kier alpha value is -1.15. The number of aliphatic hydroxyl groups is 1. The molecule has 0 saturated heterocycles. The third kappa shape index (κ3) is 3.97. The number of nitrogens with one attached hydrogen (secondary N) is 1. The highest BCUT2D eigenvalue weighted by Gasteiger charge is 2.14. The first-order valence-corrected chi connectivity index (χ1v) is 6.66. The van der Waals surface area contributed by atoms with Gasteiger partial charge in [-0.15, -0.1) is 0 Å². The zero-order valence-electron chi connectivity index (χ0n) is 9.50. The van der Waals surface area contributed by atoms with E-state index in [1.165, 1.54) is 6.07 Å². The maximum Gasteiger partial charge on any atom is 0.240 e. The molecule has 2 unspecified atom stereocenters. The van der Waals surface area contributed by atoms with Crippen molar-refractivity contribution < 1.29 is 13.5 Å². The first-order valence-electron chi connectivity index (χ1n) is 5.11. The van der Waals surface area contributed by atoms with E-state index in [2.05, 4.69) is 5.32 Å². The highest BCUT2D eigenvalue weighted by molar-refractivity contribution is 7.89. The largest absolute Gasteiger partial charge is 0.392 e. The minimum Gasteiger partial charge on any atom is -0.392 e. The Kier molecular flexibility index (Phi) is 4.47. The summed E-state index contributed by atoms with van der Waals surface area (Å²) in [5, 5.41) is 17.2. The molecule has 17 heavy (non-hydrogen) atoms. The molecule has 1 aromatic rings. The lowest BCUT2D eigenvalue weighted by Crippen LogP contribution is -2.38. The van der Waals surface area contributed by atoms with E-state index in [1.807, 2.05) is 0 Å². The summed E-state index contributed by atoms with van der Waals surface area (Å²) in [6.45, 7) is 1.82. The zero-order chi connectivity index (χ0) is 13.1. The van der Waals surface area contributed by atoms with E-state index in [-0.39, 0.29) is 11.4 Å². The van der Waals surface area contributed by atoms with Gasteiger partial charge < -0.3 is 16.2 Å². The monoisotopic (exact) mass is 259 g/mol. The van der Waals surface area contributed by atoms with E-state index >= 15 is 0 Å². The Morgan fingerprint density at radius 2 is 2.00 bits per heavy atom. The van der Waals surface area contributed by atoms with Crippen LogP contribution in [0.4, 0.5) is 5.69 Å². The number of sulfonamides is 1. The molecule has 0 amide bonds. The van der Waals surface area contributed by atoms with Crippen LogP contribution in [0.2, 0.25) is 0 Å². The Labute approximate surface area is 101 Å². The minimum absolute atomic E-state index is 0.0118. The second-order valence-corrected chi connectivity index (χ2v) is 5.36. The van der Waals surface area contributed by atoms with Gasteiger partial charge in [-0.1, -0.05) is 12.1 Å². The van der Waals surface area contributed by atoms with Crippen LogP contribution in [-0.4, -0.2) is 32.2 Å². The first kappa shape index (κ1) is 13.9. The van der Waals surface area contributed by atoms with Gasteiger partial charge in [0, 0.05) is 12.6 Å². The summed E-state index contributed by atoms with van der Waals surface area (Å²) in [5.74, 6) is 0. The van der Waals surface area contributed by atoms with Gasteiger partial charge in [0.25, 0.3) is 0 Å². The molecule has 0 aliphatic rings. The van der Waals surface area contributed by atoms with Crippen molar-refractivity contribution >= 4 is 15.7 Å². The van der Waals surface area contributed by atoms with Crippen molar-refractivity contribution in [2.75, 3.05) is 11.9 Å². The number of hydrogen-bond acceptors (Lipinski definition) is 5. The van der Waals surface area contributed by atoms with Crippen LogP contribution in [0.25, 0.3) is 0 Å². The molecule has 1 rings (SSSR count). The van der Waals surface area contributed by atoms with E-state index in [1.54, 1.807) is 25.1 Å². The van der Waals surface area contributed by atoms with Crippen LogP contribution in [0.3, 0.4) is 0 Å². The fourth-order valence-corrected chi connectivity index (χ4v) is 1.97. The van der Waals surface area contributed by atoms with E-state index in [0.29, 0.717) is 5.69 Å². The third-order valence-electron chi connectivity index (χ3n) is 2.34. The molecule has 0 saturated carbocycles. The summed E-state index contributed by atoms with van der Waals surface area (Å²) in [6, 6.07) is 5.79. The lowest BCUT2D eigenvalue weighted by molar-refractivity contribution is 0.168. The van der Waals surface area contributed by atoms with Crippen molar-refractivity contribution in [3.63, 3.8) is 0 Å². The van der Waals surface area contributed by atoms with Crippen molar-refractivity contribution in [1.82, 2.24) is 0 Å². The molecule has 6 nitrogen and oxygen atoms in total. The molecule has 0 aliphatic carbocycles. The number of benzene rings is 1. The molecule has 0 aromatic heterocycles. The molecular formula is C10H17N3O3S. The van der Waals surface area contributed by atoms with Gasteiger partial charge in [-0.2, -0.15) is 0 Å². The van der Waals surface area contributed by atoms with Crippen molar-refractivity contribution in [3.8, 4) is 0 Å². The first-order chi connectivity index (χ1) is 7.82. The second-order valence-electron chi connectivity index (χ2n) is 3.83. The average molecular weight is 259 g/mol. The van der Waals surface area contributed by atoms with Gasteiger partial charge in [0.05, 0.1) is 11.8 Å². The van der Waals surface area contributed by atoms with Gasteiger partial charge in [-0.3, -0.25) is 0 Å². The number of hydrogen-bond donors (Lipinski definition) is 4. The molecule has 0 fully saturated rings. The predicted octanol–water partition coefficient (Wildman–Crippen LogP) is -0.546. The van der Waals surface area contributed by atoms with Crippen LogP contribution < -0.4 is 16.2 Å². The van der Waals surface area contributed by atoms with Gasteiger partial charge >= 0.3 is 0 Å². The highest BCUT2D eigenvalue weighted by atomic mass is 32.2. The van der Waals surface area contributed by atoms with E-state index in [0.717, 1.165) is 0 Å². The molecule has 7 heteroatoms. The van der Waals surface area contributed by atoms with Gasteiger partial charge in [0.2, 0.25) is 10.0 Å². The minimum atomic E-state index is -3.77. The Morgan fingerprint density at radius 1 is 1.41 bits per heavy atom. The normalized spacial score (nSPS) is 15.3. The molecule has 2 atom stereocenters. The van der Waals surface area contributed by atoms with E-state index in [4.69, 9.17) is 10.9 Å². The lowest BCUT2D eigenvalue weighted by atomic mass is 10.2. The molecule has 1 aromatic carbocycles. The van der Waals surface area contributed by atoms with Gasteiger partial charge in [-0.25, -0.2) is 13.6 Å². The van der Waals surface area contributed by atoms with Gasteiger partial charge in [0.1, 0.15) is 4.90 Å². The molecular weight excluding hydrogens is 242 g/mol. The molecule has 96 valence electrons. The van der Waals surface area contributed by atoms with Crippen LogP contribution in [0, 0.1) is 0 Å². The molecule has 0 aliphatic heterocycles. The Morgan fingerprint density at radius 3 is 2.53 bits per heavy atom. The Balaban J connectivity index is 2.85. The number of nitrogens with two attached hydrogens (primary N) is 2. The molecule has 6 N–H and O–H groups in total. The summed E-state index contributed by atoms with van der Waals surface area (Å²) >= 11 is 0. The summed E-state index contributed by atoms with van der Waals surface area (Å²) in [4.78, 5) is 0.0118. The van der Waals surface area contributed by atoms with Crippen LogP contribution in [0.15, 0.2) is 29.2 Å².